The van der Waals surface area contributed by atoms with E-state index in [0.29, 0.717) is 24.5 Å². The van der Waals surface area contributed by atoms with Gasteiger partial charge in [-0.05, 0) is 13.0 Å². The highest BCUT2D eigenvalue weighted by atomic mass is 16.5. The molecule has 2 N–H and O–H groups in total. The van der Waals surface area contributed by atoms with Gasteiger partial charge in [-0.3, -0.25) is 4.79 Å². The smallest absolute Gasteiger partial charge is 0.254 e. The summed E-state index contributed by atoms with van der Waals surface area (Å²) in [5.41, 5.74) is 0.594. The molecule has 0 aromatic carbocycles. The molecule has 1 aromatic heterocycles. The lowest BCUT2D eigenvalue weighted by atomic mass is 10.2. The largest absolute Gasteiger partial charge is 0.469 e. The van der Waals surface area contributed by atoms with Gasteiger partial charge in [0.15, 0.2) is 0 Å². The van der Waals surface area contributed by atoms with Gasteiger partial charge in [-0.2, -0.15) is 0 Å². The maximum atomic E-state index is 11.6. The third kappa shape index (κ3) is 4.04. The molecule has 1 amide bonds. The van der Waals surface area contributed by atoms with E-state index in [-0.39, 0.29) is 5.91 Å². The molecule has 5 nitrogen and oxygen atoms in total. The first-order valence-corrected chi connectivity index (χ1v) is 5.27. The topological polar surface area (TPSA) is 63.5 Å². The van der Waals surface area contributed by atoms with Crippen LogP contribution >= 0.6 is 0 Å². The zero-order chi connectivity index (χ0) is 11.8. The van der Waals surface area contributed by atoms with Crippen molar-refractivity contribution in [1.29, 1.82) is 0 Å². The summed E-state index contributed by atoms with van der Waals surface area (Å²) in [5.74, 6) is 0.546. The Kier molecular flexibility index (Phi) is 5.60. The van der Waals surface area contributed by atoms with Crippen molar-refractivity contribution in [3.05, 3.63) is 23.7 Å². The maximum absolute atomic E-state index is 11.6. The number of ether oxygens (including phenoxy) is 1. The lowest BCUT2D eigenvalue weighted by Gasteiger charge is -2.05. The molecule has 5 heteroatoms. The molecule has 0 aliphatic heterocycles. The number of furan rings is 1. The molecular formula is C11H18N2O3. The van der Waals surface area contributed by atoms with E-state index in [4.69, 9.17) is 9.15 Å². The highest BCUT2D eigenvalue weighted by Crippen LogP contribution is 2.07. The Labute approximate surface area is 95.2 Å². The van der Waals surface area contributed by atoms with Gasteiger partial charge in [-0.1, -0.05) is 0 Å². The van der Waals surface area contributed by atoms with E-state index in [9.17, 15) is 4.79 Å². The number of rotatable bonds is 7. The molecule has 0 unspecified atom stereocenters. The van der Waals surface area contributed by atoms with E-state index in [1.165, 1.54) is 6.26 Å². The van der Waals surface area contributed by atoms with Gasteiger partial charge >= 0.3 is 0 Å². The van der Waals surface area contributed by atoms with E-state index in [1.54, 1.807) is 20.1 Å². The third-order valence-electron chi connectivity index (χ3n) is 2.17. The molecular weight excluding hydrogens is 208 g/mol. The lowest BCUT2D eigenvalue weighted by molar-refractivity contribution is 0.0952. The summed E-state index contributed by atoms with van der Waals surface area (Å²) in [7, 11) is 1.66. The zero-order valence-electron chi connectivity index (χ0n) is 9.71. The monoisotopic (exact) mass is 226 g/mol. The molecule has 16 heavy (non-hydrogen) atoms. The minimum absolute atomic E-state index is 0.0974. The highest BCUT2D eigenvalue weighted by Gasteiger charge is 2.09. The first kappa shape index (κ1) is 12.7. The highest BCUT2D eigenvalue weighted by molar-refractivity contribution is 5.94. The Hall–Kier alpha value is -1.33. The van der Waals surface area contributed by atoms with Crippen LogP contribution in [0.4, 0.5) is 0 Å². The van der Waals surface area contributed by atoms with Crippen LogP contribution in [0.15, 0.2) is 16.7 Å². The fraction of sp³-hybridized carbons (Fsp3) is 0.545. The van der Waals surface area contributed by atoms with Crippen LogP contribution in [0.25, 0.3) is 0 Å². The van der Waals surface area contributed by atoms with Crippen molar-refractivity contribution in [1.82, 2.24) is 10.6 Å². The van der Waals surface area contributed by atoms with Gasteiger partial charge in [0.2, 0.25) is 0 Å². The van der Waals surface area contributed by atoms with Crippen LogP contribution in [-0.2, 0) is 4.74 Å². The van der Waals surface area contributed by atoms with Crippen LogP contribution in [0.1, 0.15) is 16.1 Å². The molecule has 1 aromatic rings. The Bertz CT molecular complexity index is 323. The summed E-state index contributed by atoms with van der Waals surface area (Å²) >= 11 is 0. The number of aryl methyl sites for hydroxylation is 1. The van der Waals surface area contributed by atoms with Crippen LogP contribution < -0.4 is 10.6 Å². The first-order chi connectivity index (χ1) is 7.75. The zero-order valence-corrected chi connectivity index (χ0v) is 9.71. The molecule has 0 saturated heterocycles. The van der Waals surface area contributed by atoms with Gasteiger partial charge in [0.05, 0.1) is 18.4 Å². The summed E-state index contributed by atoms with van der Waals surface area (Å²) in [4.78, 5) is 11.6. The summed E-state index contributed by atoms with van der Waals surface area (Å²) < 4.78 is 9.93. The van der Waals surface area contributed by atoms with Crippen LogP contribution in [0.5, 0.6) is 0 Å². The normalized spacial score (nSPS) is 10.4. The van der Waals surface area contributed by atoms with Crippen molar-refractivity contribution in [3.8, 4) is 0 Å². The number of hydrogen-bond donors (Lipinski definition) is 2. The molecule has 1 heterocycles. The van der Waals surface area contributed by atoms with Crippen molar-refractivity contribution < 1.29 is 13.9 Å². The molecule has 1 rings (SSSR count). The number of amides is 1. The van der Waals surface area contributed by atoms with Crippen molar-refractivity contribution in [3.63, 3.8) is 0 Å². The van der Waals surface area contributed by atoms with E-state index >= 15 is 0 Å². The minimum Gasteiger partial charge on any atom is -0.469 e. The quantitative estimate of drug-likeness (QED) is 0.667. The van der Waals surface area contributed by atoms with Crippen LogP contribution in [0.3, 0.4) is 0 Å². The number of carbonyl (C=O) groups excluding carboxylic acids is 1. The molecule has 90 valence electrons. The van der Waals surface area contributed by atoms with Gasteiger partial charge < -0.3 is 19.8 Å². The molecule has 0 aliphatic carbocycles. The Morgan fingerprint density at radius 2 is 2.25 bits per heavy atom. The Morgan fingerprint density at radius 3 is 2.88 bits per heavy atom. The predicted molar refractivity (Wildman–Crippen MR) is 60.5 cm³/mol. The average molecular weight is 226 g/mol. The summed E-state index contributed by atoms with van der Waals surface area (Å²) in [6.45, 7) is 4.55. The van der Waals surface area contributed by atoms with Gasteiger partial charge in [-0.25, -0.2) is 0 Å². The van der Waals surface area contributed by atoms with Crippen LogP contribution in [0.2, 0.25) is 0 Å². The second-order valence-electron chi connectivity index (χ2n) is 3.39. The molecule has 0 saturated carbocycles. The van der Waals surface area contributed by atoms with Crippen LogP contribution in [0, 0.1) is 6.92 Å². The number of hydrogen-bond acceptors (Lipinski definition) is 4. The van der Waals surface area contributed by atoms with Gasteiger partial charge in [0, 0.05) is 26.7 Å². The first-order valence-electron chi connectivity index (χ1n) is 5.27. The molecule has 0 spiro atoms. The van der Waals surface area contributed by atoms with Crippen molar-refractivity contribution in [2.75, 3.05) is 33.4 Å². The Balaban J connectivity index is 2.14. The lowest BCUT2D eigenvalue weighted by Crippen LogP contribution is -2.33. The fourth-order valence-electron chi connectivity index (χ4n) is 1.28. The maximum Gasteiger partial charge on any atom is 0.254 e. The fourth-order valence-corrected chi connectivity index (χ4v) is 1.28. The molecule has 0 atom stereocenters. The Morgan fingerprint density at radius 1 is 1.44 bits per heavy atom. The van der Waals surface area contributed by atoms with Crippen LogP contribution in [-0.4, -0.2) is 39.3 Å². The summed E-state index contributed by atoms with van der Waals surface area (Å²) in [5, 5.41) is 5.94. The molecule has 0 radical (unpaired) electrons. The van der Waals surface area contributed by atoms with Crippen molar-refractivity contribution in [2.45, 2.75) is 6.92 Å². The van der Waals surface area contributed by atoms with E-state index in [0.717, 1.165) is 13.1 Å². The number of carbonyl (C=O) groups is 1. The molecule has 0 bridgehead atoms. The second-order valence-corrected chi connectivity index (χ2v) is 3.39. The summed E-state index contributed by atoms with van der Waals surface area (Å²) in [6.07, 6.45) is 1.51. The van der Waals surface area contributed by atoms with Gasteiger partial charge in [-0.15, -0.1) is 0 Å². The van der Waals surface area contributed by atoms with Crippen molar-refractivity contribution in [2.24, 2.45) is 0 Å². The number of nitrogens with one attached hydrogen (secondary N) is 2. The van der Waals surface area contributed by atoms with E-state index in [1.807, 2.05) is 0 Å². The van der Waals surface area contributed by atoms with Gasteiger partial charge in [0.1, 0.15) is 5.76 Å². The second kappa shape index (κ2) is 7.03. The van der Waals surface area contributed by atoms with E-state index in [2.05, 4.69) is 10.6 Å². The predicted octanol–water partition coefficient (Wildman–Crippen LogP) is 0.554. The number of methoxy groups -OCH3 is 1. The van der Waals surface area contributed by atoms with E-state index < -0.39 is 0 Å². The SMILES string of the molecule is COCCNCCNC(=O)c1ccoc1C. The third-order valence-corrected chi connectivity index (χ3v) is 2.17. The standard InChI is InChI=1S/C11H18N2O3/c1-9-10(3-7-16-9)11(14)13-5-4-12-6-8-15-2/h3,7,12H,4-6,8H2,1-2H3,(H,13,14). The summed E-state index contributed by atoms with van der Waals surface area (Å²) in [6, 6.07) is 1.67. The molecule has 0 aliphatic rings. The van der Waals surface area contributed by atoms with Gasteiger partial charge in [0.25, 0.3) is 5.91 Å². The molecule has 0 fully saturated rings. The van der Waals surface area contributed by atoms with Crippen molar-refractivity contribution >= 4 is 5.91 Å². The minimum atomic E-state index is -0.0974. The average Bonchev–Trinajstić information content (AvgIpc) is 2.69.